The second-order valence-electron chi connectivity index (χ2n) is 10.9. The normalized spacial score (nSPS) is 19.5. The highest BCUT2D eigenvalue weighted by atomic mass is 19.4. The van der Waals surface area contributed by atoms with Gasteiger partial charge in [-0.15, -0.1) is 0 Å². The van der Waals surface area contributed by atoms with Gasteiger partial charge in [-0.1, -0.05) is 51.1 Å². The Morgan fingerprint density at radius 3 is 1.87 bits per heavy atom. The van der Waals surface area contributed by atoms with E-state index in [9.17, 15) is 26.3 Å². The fourth-order valence-corrected chi connectivity index (χ4v) is 5.49. The number of rotatable bonds is 1. The molecule has 0 bridgehead atoms. The average Bonchev–Trinajstić information content (AvgIpc) is 2.82. The Kier molecular flexibility index (Phi) is 5.32. The van der Waals surface area contributed by atoms with Crippen LogP contribution in [0.5, 0.6) is 0 Å². The lowest BCUT2D eigenvalue weighted by Crippen LogP contribution is -2.63. The Morgan fingerprint density at radius 1 is 0.684 bits per heavy atom. The van der Waals surface area contributed by atoms with E-state index in [0.717, 1.165) is 34.0 Å². The molecule has 0 N–H and O–H groups in total. The van der Waals surface area contributed by atoms with Crippen molar-refractivity contribution in [2.75, 3.05) is 0 Å². The molecule has 0 amide bonds. The number of hydrogen-bond donors (Lipinski definition) is 0. The fraction of sp³-hybridized carbons (Fsp3) is 0.345. The van der Waals surface area contributed by atoms with Gasteiger partial charge in [0.1, 0.15) is 7.05 Å². The molecule has 1 aromatic heterocycles. The van der Waals surface area contributed by atoms with Crippen LogP contribution in [0.2, 0.25) is 0 Å². The molecule has 3 aromatic carbocycles. The van der Waals surface area contributed by atoms with E-state index in [1.54, 1.807) is 11.6 Å². The molecular weight excluding hydrogens is 514 g/mol. The van der Waals surface area contributed by atoms with Crippen LogP contribution in [-0.2, 0) is 24.3 Å². The number of benzene rings is 3. The van der Waals surface area contributed by atoms with E-state index in [1.807, 2.05) is 58.0 Å². The van der Waals surface area contributed by atoms with Gasteiger partial charge in [-0.2, -0.15) is 35.1 Å². The van der Waals surface area contributed by atoms with Crippen LogP contribution in [0, 0.1) is 6.92 Å². The van der Waals surface area contributed by atoms with Gasteiger partial charge >= 0.3 is 23.7 Å². The van der Waals surface area contributed by atoms with Crippen molar-refractivity contribution in [1.29, 1.82) is 0 Å². The minimum atomic E-state index is -6.32. The maximum Gasteiger partial charge on any atom is 0.382 e. The molecule has 0 unspecified atom stereocenters. The first-order valence-electron chi connectivity index (χ1n) is 11.9. The van der Waals surface area contributed by atoms with E-state index in [0.29, 0.717) is 17.3 Å². The van der Waals surface area contributed by atoms with Crippen molar-refractivity contribution < 1.29 is 39.7 Å². The van der Waals surface area contributed by atoms with Crippen LogP contribution in [-0.4, -0.2) is 11.8 Å². The Morgan fingerprint density at radius 2 is 1.26 bits per heavy atom. The summed E-state index contributed by atoms with van der Waals surface area (Å²) in [5.41, 5.74) is -1.39. The van der Waals surface area contributed by atoms with E-state index in [-0.39, 0.29) is 10.8 Å². The zero-order chi connectivity index (χ0) is 28.2. The van der Waals surface area contributed by atoms with Crippen LogP contribution in [0.3, 0.4) is 0 Å². The highest BCUT2D eigenvalue weighted by Crippen LogP contribution is 2.65. The molecule has 0 saturated heterocycles. The standard InChI is InChI=1S/C29H24F8N/c1-15-16-8-6-7-9-17(16)22(25(2,3)4)14-20(15)24-19-10-11-21-23(18(19)12-13-38(24)5)27(32,33)29(36,37)28(34,35)26(21,30)31/h6-14H,1-5H3/q+1. The maximum atomic E-state index is 15.1. The van der Waals surface area contributed by atoms with Gasteiger partial charge in [0.2, 0.25) is 5.69 Å². The monoisotopic (exact) mass is 538 g/mol. The topological polar surface area (TPSA) is 3.88 Å². The largest absolute Gasteiger partial charge is 0.382 e. The van der Waals surface area contributed by atoms with Crippen LogP contribution in [0.1, 0.15) is 43.0 Å². The first-order valence-corrected chi connectivity index (χ1v) is 11.9. The van der Waals surface area contributed by atoms with Crippen molar-refractivity contribution in [3.8, 4) is 11.3 Å². The molecule has 0 aliphatic heterocycles. The minimum Gasteiger partial charge on any atom is -0.200 e. The molecule has 0 radical (unpaired) electrons. The number of pyridine rings is 1. The van der Waals surface area contributed by atoms with Crippen LogP contribution < -0.4 is 4.57 Å². The fourth-order valence-electron chi connectivity index (χ4n) is 5.49. The molecular formula is C29H24F8N+. The third kappa shape index (κ3) is 3.13. The summed E-state index contributed by atoms with van der Waals surface area (Å²) in [6, 6.07) is 11.9. The molecule has 4 aromatic rings. The highest BCUT2D eigenvalue weighted by molar-refractivity contribution is 6.01. The van der Waals surface area contributed by atoms with Gasteiger partial charge in [0.05, 0.1) is 10.9 Å². The first kappa shape index (κ1) is 26.4. The second-order valence-corrected chi connectivity index (χ2v) is 10.9. The van der Waals surface area contributed by atoms with Crippen LogP contribution >= 0.6 is 0 Å². The number of aromatic nitrogens is 1. The lowest BCUT2D eigenvalue weighted by molar-refractivity contribution is -0.659. The van der Waals surface area contributed by atoms with Gasteiger partial charge in [0, 0.05) is 22.6 Å². The predicted molar refractivity (Wildman–Crippen MR) is 129 cm³/mol. The van der Waals surface area contributed by atoms with E-state index in [4.69, 9.17) is 0 Å². The van der Waals surface area contributed by atoms with Crippen LogP contribution in [0.25, 0.3) is 32.8 Å². The lowest BCUT2D eigenvalue weighted by atomic mass is 9.77. The number of aryl methyl sites for hydroxylation is 2. The Labute approximate surface area is 213 Å². The molecule has 0 saturated carbocycles. The number of halogens is 8. The molecule has 200 valence electrons. The van der Waals surface area contributed by atoms with Gasteiger partial charge in [-0.25, -0.2) is 4.57 Å². The molecule has 0 atom stereocenters. The Balaban J connectivity index is 1.94. The molecule has 1 nitrogen and oxygen atoms in total. The molecule has 0 spiro atoms. The molecule has 38 heavy (non-hydrogen) atoms. The molecule has 1 aliphatic carbocycles. The third-order valence-corrected chi connectivity index (χ3v) is 7.53. The van der Waals surface area contributed by atoms with E-state index < -0.39 is 40.2 Å². The first-order chi connectivity index (χ1) is 17.4. The summed E-state index contributed by atoms with van der Waals surface area (Å²) in [7, 11) is 1.61. The van der Waals surface area contributed by atoms with Crippen LogP contribution in [0.4, 0.5) is 35.1 Å². The molecule has 5 rings (SSSR count). The van der Waals surface area contributed by atoms with Crippen molar-refractivity contribution in [2.45, 2.75) is 56.8 Å². The Bertz CT molecular complexity index is 1630. The molecule has 0 fully saturated rings. The zero-order valence-electron chi connectivity index (χ0n) is 21.2. The SMILES string of the molecule is Cc1c(-c2c3ccc4c(c3cc[n+]2C)C(F)(F)C(F)(F)C(F)(F)C4(F)F)cc(C(C)(C)C)c2ccccc12. The smallest absolute Gasteiger partial charge is 0.200 e. The third-order valence-electron chi connectivity index (χ3n) is 7.53. The number of fused-ring (bicyclic) bond motifs is 4. The minimum absolute atomic E-state index is 0.0384. The van der Waals surface area contributed by atoms with E-state index in [1.165, 1.54) is 6.20 Å². The molecule has 1 heterocycles. The van der Waals surface area contributed by atoms with Crippen LogP contribution in [0.15, 0.2) is 54.7 Å². The van der Waals surface area contributed by atoms with Gasteiger partial charge in [-0.3, -0.25) is 0 Å². The quantitative estimate of drug-likeness (QED) is 0.169. The number of hydrogen-bond acceptors (Lipinski definition) is 0. The average molecular weight is 539 g/mol. The number of nitrogens with zero attached hydrogens (tertiary/aromatic N) is 1. The lowest BCUT2D eigenvalue weighted by Gasteiger charge is -2.43. The summed E-state index contributed by atoms with van der Waals surface area (Å²) in [5, 5.41) is 1.16. The van der Waals surface area contributed by atoms with Crippen molar-refractivity contribution in [2.24, 2.45) is 7.05 Å². The summed E-state index contributed by atoms with van der Waals surface area (Å²) in [6.07, 6.45) is 1.28. The summed E-state index contributed by atoms with van der Waals surface area (Å²) < 4.78 is 118. The number of alkyl halides is 8. The highest BCUT2D eigenvalue weighted by Gasteiger charge is 2.85. The summed E-state index contributed by atoms with van der Waals surface area (Å²) in [5.74, 6) is -23.7. The van der Waals surface area contributed by atoms with E-state index in [2.05, 4.69) is 0 Å². The Hall–Kier alpha value is -3.23. The van der Waals surface area contributed by atoms with E-state index >= 15 is 8.78 Å². The van der Waals surface area contributed by atoms with Gasteiger partial charge < -0.3 is 0 Å². The summed E-state index contributed by atoms with van der Waals surface area (Å²) in [6.45, 7) is 7.81. The predicted octanol–water partition coefficient (Wildman–Crippen LogP) is 8.56. The van der Waals surface area contributed by atoms with Crippen molar-refractivity contribution in [1.82, 2.24) is 0 Å². The maximum absolute atomic E-state index is 15.1. The van der Waals surface area contributed by atoms with Crippen molar-refractivity contribution in [3.63, 3.8) is 0 Å². The van der Waals surface area contributed by atoms with Crippen molar-refractivity contribution in [3.05, 3.63) is 77.0 Å². The molecule has 9 heteroatoms. The van der Waals surface area contributed by atoms with Gasteiger partial charge in [0.15, 0.2) is 6.20 Å². The molecule has 1 aliphatic rings. The second kappa shape index (κ2) is 7.67. The zero-order valence-corrected chi connectivity index (χ0v) is 21.2. The summed E-state index contributed by atoms with van der Waals surface area (Å²) in [4.78, 5) is 0. The van der Waals surface area contributed by atoms with Gasteiger partial charge in [0.25, 0.3) is 0 Å². The van der Waals surface area contributed by atoms with Gasteiger partial charge in [-0.05, 0) is 46.4 Å². The van der Waals surface area contributed by atoms with Crippen molar-refractivity contribution >= 4 is 21.5 Å². The summed E-state index contributed by atoms with van der Waals surface area (Å²) >= 11 is 0.